The van der Waals surface area contributed by atoms with Crippen LogP contribution in [0.25, 0.3) is 11.1 Å². The topological polar surface area (TPSA) is 72.5 Å². The van der Waals surface area contributed by atoms with Crippen LogP contribution in [-0.2, 0) is 26.5 Å². The summed E-state index contributed by atoms with van der Waals surface area (Å²) in [7, 11) is -1.62. The molecule has 0 aliphatic carbocycles. The zero-order valence-electron chi connectivity index (χ0n) is 17.1. The van der Waals surface area contributed by atoms with E-state index in [0.29, 0.717) is 6.42 Å². The minimum atomic E-state index is -3.26. The number of hydrogen-bond donors (Lipinski definition) is 1. The van der Waals surface area contributed by atoms with E-state index in [0.717, 1.165) is 33.7 Å². The number of rotatable bonds is 5. The van der Waals surface area contributed by atoms with Crippen molar-refractivity contribution in [3.8, 4) is 16.9 Å². The van der Waals surface area contributed by atoms with Crippen LogP contribution in [0, 0.1) is 0 Å². The smallest absolute Gasteiger partial charge is 0.235 e. The Morgan fingerprint density at radius 1 is 1.00 bits per heavy atom. The van der Waals surface area contributed by atoms with Gasteiger partial charge in [0.1, 0.15) is 5.75 Å². The zero-order valence-corrected chi connectivity index (χ0v) is 17.9. The van der Waals surface area contributed by atoms with Gasteiger partial charge in [-0.25, -0.2) is 8.42 Å². The normalized spacial score (nSPS) is 18.0. The van der Waals surface area contributed by atoms with E-state index in [1.165, 1.54) is 6.26 Å². The number of carbonyl (C=O) groups is 1. The van der Waals surface area contributed by atoms with Crippen molar-refractivity contribution in [2.24, 2.45) is 0 Å². The Morgan fingerprint density at radius 3 is 2.37 bits per heavy atom. The fourth-order valence-corrected chi connectivity index (χ4v) is 4.61. The summed E-state index contributed by atoms with van der Waals surface area (Å²) in [5, 5.41) is 2.99. The van der Waals surface area contributed by atoms with Crippen LogP contribution in [0.2, 0.25) is 0 Å². The van der Waals surface area contributed by atoms with Crippen molar-refractivity contribution < 1.29 is 17.9 Å². The number of fused-ring (bicyclic) bond motifs is 1. The maximum Gasteiger partial charge on any atom is 0.235 e. The number of nitrogens with one attached hydrogen (secondary N) is 1. The van der Waals surface area contributed by atoms with E-state index in [4.69, 9.17) is 4.74 Å². The molecule has 0 bridgehead atoms. The summed E-state index contributed by atoms with van der Waals surface area (Å²) >= 11 is 0. The number of methoxy groups -OCH3 is 1. The molecule has 3 aromatic carbocycles. The van der Waals surface area contributed by atoms with Crippen molar-refractivity contribution in [2.75, 3.05) is 18.7 Å². The van der Waals surface area contributed by atoms with E-state index in [9.17, 15) is 13.2 Å². The Kier molecular flexibility index (Phi) is 4.90. The van der Waals surface area contributed by atoms with Crippen molar-refractivity contribution in [3.63, 3.8) is 0 Å². The average molecular weight is 422 g/mol. The molecule has 154 valence electrons. The van der Waals surface area contributed by atoms with E-state index in [1.54, 1.807) is 31.4 Å². The minimum Gasteiger partial charge on any atom is -0.496 e. The lowest BCUT2D eigenvalue weighted by Crippen LogP contribution is -2.33. The third-order valence-electron chi connectivity index (χ3n) is 5.69. The van der Waals surface area contributed by atoms with Gasteiger partial charge in [0.05, 0.1) is 17.4 Å². The third-order valence-corrected chi connectivity index (χ3v) is 6.82. The van der Waals surface area contributed by atoms with Gasteiger partial charge in [-0.3, -0.25) is 4.79 Å². The molecule has 0 aromatic heterocycles. The summed E-state index contributed by atoms with van der Waals surface area (Å²) < 4.78 is 28.9. The molecule has 0 saturated carbocycles. The molecule has 1 unspecified atom stereocenters. The van der Waals surface area contributed by atoms with E-state index in [2.05, 4.69) is 5.32 Å². The van der Waals surface area contributed by atoms with Gasteiger partial charge < -0.3 is 10.1 Å². The molecule has 30 heavy (non-hydrogen) atoms. The maximum absolute atomic E-state index is 12.9. The Balaban J connectivity index is 1.73. The van der Waals surface area contributed by atoms with Crippen molar-refractivity contribution >= 4 is 21.4 Å². The molecule has 1 aliphatic rings. The fraction of sp³-hybridized carbons (Fsp3) is 0.208. The molecule has 1 aliphatic heterocycles. The molecule has 1 heterocycles. The molecule has 1 atom stereocenters. The van der Waals surface area contributed by atoms with Gasteiger partial charge in [-0.2, -0.15) is 0 Å². The summed E-state index contributed by atoms with van der Waals surface area (Å²) in [6.45, 7) is 1.92. The molecular weight excluding hydrogens is 398 g/mol. The molecule has 0 fully saturated rings. The lowest BCUT2D eigenvalue weighted by Gasteiger charge is -2.23. The highest BCUT2D eigenvalue weighted by Gasteiger charge is 2.42. The van der Waals surface area contributed by atoms with E-state index < -0.39 is 15.3 Å². The maximum atomic E-state index is 12.9. The van der Waals surface area contributed by atoms with Gasteiger partial charge in [-0.1, -0.05) is 36.4 Å². The largest absolute Gasteiger partial charge is 0.496 e. The summed E-state index contributed by atoms with van der Waals surface area (Å²) in [5.41, 5.74) is 3.79. The highest BCUT2D eigenvalue weighted by atomic mass is 32.2. The standard InChI is InChI=1S/C24H23NO4S/c1-24(15-16-8-11-18(12-9-16)30(3,27)28)20-14-17(10-13-21(20)25-23(24)26)19-6-4-5-7-22(19)29-2/h4-14H,15H2,1-3H3,(H,25,26). The Labute approximate surface area is 176 Å². The molecule has 3 aromatic rings. The van der Waals surface area contributed by atoms with Crippen LogP contribution in [0.15, 0.2) is 71.6 Å². The van der Waals surface area contributed by atoms with Gasteiger partial charge in [0.25, 0.3) is 0 Å². The van der Waals surface area contributed by atoms with Crippen LogP contribution in [-0.4, -0.2) is 27.7 Å². The third kappa shape index (κ3) is 3.48. The van der Waals surface area contributed by atoms with E-state index >= 15 is 0 Å². The number of sulfone groups is 1. The minimum absolute atomic E-state index is 0.0677. The zero-order chi connectivity index (χ0) is 21.5. The number of amides is 1. The summed E-state index contributed by atoms with van der Waals surface area (Å²) in [4.78, 5) is 13.2. The first-order valence-corrected chi connectivity index (χ1v) is 11.5. The molecule has 0 spiro atoms. The SMILES string of the molecule is COc1ccccc1-c1ccc2c(c1)C(C)(Cc1ccc(S(C)(=O)=O)cc1)C(=O)N2. The average Bonchev–Trinajstić information content (AvgIpc) is 2.97. The van der Waals surface area contributed by atoms with E-state index in [-0.39, 0.29) is 10.8 Å². The summed E-state index contributed by atoms with van der Waals surface area (Å²) in [6, 6.07) is 20.4. The van der Waals surface area contributed by atoms with Crippen molar-refractivity contribution in [2.45, 2.75) is 23.7 Å². The molecule has 5 nitrogen and oxygen atoms in total. The van der Waals surface area contributed by atoms with Crippen molar-refractivity contribution in [3.05, 3.63) is 77.9 Å². The first-order chi connectivity index (χ1) is 14.2. The number of para-hydroxylation sites is 1. The second-order valence-electron chi connectivity index (χ2n) is 7.84. The molecule has 0 saturated heterocycles. The first kappa shape index (κ1) is 20.2. The Morgan fingerprint density at radius 2 is 1.70 bits per heavy atom. The molecule has 6 heteroatoms. The fourth-order valence-electron chi connectivity index (χ4n) is 3.98. The second kappa shape index (κ2) is 7.29. The molecule has 1 N–H and O–H groups in total. The van der Waals surface area contributed by atoms with Crippen LogP contribution in [0.5, 0.6) is 5.75 Å². The predicted octanol–water partition coefficient (Wildman–Crippen LogP) is 4.22. The summed E-state index contributed by atoms with van der Waals surface area (Å²) in [6.07, 6.45) is 1.65. The number of anilines is 1. The Hall–Kier alpha value is -3.12. The predicted molar refractivity (Wildman–Crippen MR) is 118 cm³/mol. The van der Waals surface area contributed by atoms with Gasteiger partial charge in [-0.15, -0.1) is 0 Å². The molecule has 1 amide bonds. The van der Waals surface area contributed by atoms with Crippen LogP contribution in [0.4, 0.5) is 5.69 Å². The number of carbonyl (C=O) groups excluding carboxylic acids is 1. The number of hydrogen-bond acceptors (Lipinski definition) is 4. The summed E-state index contributed by atoms with van der Waals surface area (Å²) in [5.74, 6) is 0.703. The van der Waals surface area contributed by atoms with Gasteiger partial charge >= 0.3 is 0 Å². The van der Waals surface area contributed by atoms with Crippen LogP contribution < -0.4 is 10.1 Å². The van der Waals surface area contributed by atoms with Gasteiger partial charge in [0.15, 0.2) is 9.84 Å². The van der Waals surface area contributed by atoms with Gasteiger partial charge in [0.2, 0.25) is 5.91 Å². The molecule has 0 radical (unpaired) electrons. The van der Waals surface area contributed by atoms with Crippen molar-refractivity contribution in [1.82, 2.24) is 0 Å². The Bertz CT molecular complexity index is 1230. The van der Waals surface area contributed by atoms with Gasteiger partial charge in [0, 0.05) is 17.5 Å². The monoisotopic (exact) mass is 421 g/mol. The van der Waals surface area contributed by atoms with Crippen molar-refractivity contribution in [1.29, 1.82) is 0 Å². The van der Waals surface area contributed by atoms with Crippen LogP contribution >= 0.6 is 0 Å². The second-order valence-corrected chi connectivity index (χ2v) is 9.86. The highest BCUT2D eigenvalue weighted by molar-refractivity contribution is 7.90. The van der Waals surface area contributed by atoms with E-state index in [1.807, 2.05) is 49.4 Å². The number of benzene rings is 3. The highest BCUT2D eigenvalue weighted by Crippen LogP contribution is 2.43. The van der Waals surface area contributed by atoms with Crippen LogP contribution in [0.3, 0.4) is 0 Å². The lowest BCUT2D eigenvalue weighted by atomic mass is 9.77. The first-order valence-electron chi connectivity index (χ1n) is 9.61. The number of ether oxygens (including phenoxy) is 1. The molecule has 4 rings (SSSR count). The lowest BCUT2D eigenvalue weighted by molar-refractivity contribution is -0.120. The van der Waals surface area contributed by atoms with Crippen LogP contribution in [0.1, 0.15) is 18.1 Å². The van der Waals surface area contributed by atoms with Gasteiger partial charge in [-0.05, 0) is 60.4 Å². The quantitative estimate of drug-likeness (QED) is 0.670. The molecular formula is C24H23NO4S.